The fraction of sp³-hybridized carbons (Fsp3) is 0.625. The Hall–Kier alpha value is -1.05. The summed E-state index contributed by atoms with van der Waals surface area (Å²) in [4.78, 5) is 10.3. The van der Waals surface area contributed by atoms with E-state index in [9.17, 15) is 4.79 Å². The van der Waals surface area contributed by atoms with Gasteiger partial charge in [-0.2, -0.15) is 0 Å². The van der Waals surface area contributed by atoms with Gasteiger partial charge in [-0.3, -0.25) is 4.79 Å². The minimum Gasteiger partial charge on any atom is -0.370 e. The van der Waals surface area contributed by atoms with Crippen molar-refractivity contribution in [2.45, 2.75) is 12.8 Å². The number of primary amides is 1. The van der Waals surface area contributed by atoms with Gasteiger partial charge >= 0.3 is 0 Å². The number of nitrogens with two attached hydrogens (primary N) is 2. The van der Waals surface area contributed by atoms with Gasteiger partial charge in [0.25, 0.3) is 0 Å². The summed E-state index contributed by atoms with van der Waals surface area (Å²) < 4.78 is 5.05. The van der Waals surface area contributed by atoms with Gasteiger partial charge in [0.05, 0.1) is 6.54 Å². The van der Waals surface area contributed by atoms with Gasteiger partial charge in [0.1, 0.15) is 6.61 Å². The summed E-state index contributed by atoms with van der Waals surface area (Å²) >= 11 is 0. The van der Waals surface area contributed by atoms with Crippen LogP contribution in [0.25, 0.3) is 0 Å². The molecule has 0 fully saturated rings. The number of ether oxygens (including phenoxy) is 1. The van der Waals surface area contributed by atoms with Gasteiger partial charge in [0.2, 0.25) is 5.91 Å². The maximum atomic E-state index is 10.3. The highest BCUT2D eigenvalue weighted by Crippen LogP contribution is 1.87. The Morgan fingerprint density at radius 1 is 1.42 bits per heavy atom. The normalized spacial score (nSPS) is 8.75. The molecule has 0 heterocycles. The number of hydrogen-bond acceptors (Lipinski definition) is 3. The Morgan fingerprint density at radius 2 is 2.17 bits per heavy atom. The molecule has 0 atom stereocenters. The van der Waals surface area contributed by atoms with Gasteiger partial charge in [0, 0.05) is 13.0 Å². The van der Waals surface area contributed by atoms with Gasteiger partial charge in [-0.05, 0) is 6.42 Å². The summed E-state index contributed by atoms with van der Waals surface area (Å²) in [7, 11) is 0. The highest BCUT2D eigenvalue weighted by Gasteiger charge is 1.92. The fourth-order valence-corrected chi connectivity index (χ4v) is 0.595. The maximum Gasteiger partial charge on any atom is 0.217 e. The third kappa shape index (κ3) is 8.95. The van der Waals surface area contributed by atoms with Crippen molar-refractivity contribution >= 4 is 5.91 Å². The third-order valence-corrected chi connectivity index (χ3v) is 1.11. The van der Waals surface area contributed by atoms with Crippen molar-refractivity contribution < 1.29 is 9.53 Å². The van der Waals surface area contributed by atoms with E-state index in [1.54, 1.807) is 0 Å². The van der Waals surface area contributed by atoms with Crippen LogP contribution in [0.15, 0.2) is 0 Å². The Bertz CT molecular complexity index is 181. The second-order valence-corrected chi connectivity index (χ2v) is 2.18. The summed E-state index contributed by atoms with van der Waals surface area (Å²) in [6.45, 7) is 1.24. The van der Waals surface area contributed by atoms with Crippen LogP contribution in [0, 0.1) is 11.8 Å². The molecule has 4 N–H and O–H groups in total. The third-order valence-electron chi connectivity index (χ3n) is 1.11. The fourth-order valence-electron chi connectivity index (χ4n) is 0.595. The van der Waals surface area contributed by atoms with E-state index >= 15 is 0 Å². The van der Waals surface area contributed by atoms with Crippen molar-refractivity contribution in [1.82, 2.24) is 0 Å². The van der Waals surface area contributed by atoms with Crippen LogP contribution in [-0.2, 0) is 9.53 Å². The number of carbonyl (C=O) groups excluding carboxylic acids is 1. The lowest BCUT2D eigenvalue weighted by Gasteiger charge is -1.96. The topological polar surface area (TPSA) is 78.3 Å². The van der Waals surface area contributed by atoms with Gasteiger partial charge in [-0.1, -0.05) is 11.8 Å². The van der Waals surface area contributed by atoms with Crippen LogP contribution in [0.3, 0.4) is 0 Å². The Balaban J connectivity index is 3.06. The lowest BCUT2D eigenvalue weighted by Crippen LogP contribution is -2.11. The Morgan fingerprint density at radius 3 is 2.75 bits per heavy atom. The highest BCUT2D eigenvalue weighted by atomic mass is 16.5. The summed E-state index contributed by atoms with van der Waals surface area (Å²) in [5.74, 6) is 5.07. The molecule has 0 spiro atoms. The van der Waals surface area contributed by atoms with E-state index in [-0.39, 0.29) is 5.91 Å². The van der Waals surface area contributed by atoms with E-state index in [2.05, 4.69) is 11.8 Å². The SMILES string of the molecule is NCC#CCOCCCC(N)=O. The van der Waals surface area contributed by atoms with E-state index in [0.29, 0.717) is 32.6 Å². The molecule has 0 radical (unpaired) electrons. The predicted molar refractivity (Wildman–Crippen MR) is 46.1 cm³/mol. The predicted octanol–water partition coefficient (Wildman–Crippen LogP) is -0.769. The van der Waals surface area contributed by atoms with E-state index < -0.39 is 0 Å². The first-order valence-corrected chi connectivity index (χ1v) is 3.79. The first-order chi connectivity index (χ1) is 5.77. The number of hydrogen-bond donors (Lipinski definition) is 2. The molecule has 0 saturated heterocycles. The molecular formula is C8H14N2O2. The van der Waals surface area contributed by atoms with Crippen LogP contribution in [0.4, 0.5) is 0 Å². The summed E-state index contributed by atoms with van der Waals surface area (Å²) in [5.41, 5.74) is 10.0. The van der Waals surface area contributed by atoms with Crippen LogP contribution in [0.1, 0.15) is 12.8 Å². The van der Waals surface area contributed by atoms with Crippen LogP contribution in [0.5, 0.6) is 0 Å². The van der Waals surface area contributed by atoms with Crippen molar-refractivity contribution in [3.8, 4) is 11.8 Å². The zero-order valence-corrected chi connectivity index (χ0v) is 7.01. The first kappa shape index (κ1) is 11.0. The molecular weight excluding hydrogens is 156 g/mol. The minimum atomic E-state index is -0.299. The van der Waals surface area contributed by atoms with Crippen LogP contribution in [-0.4, -0.2) is 25.7 Å². The molecule has 1 amide bonds. The smallest absolute Gasteiger partial charge is 0.217 e. The highest BCUT2D eigenvalue weighted by molar-refractivity contribution is 5.73. The maximum absolute atomic E-state index is 10.3. The van der Waals surface area contributed by atoms with E-state index in [1.165, 1.54) is 0 Å². The van der Waals surface area contributed by atoms with Crippen molar-refractivity contribution in [2.75, 3.05) is 19.8 Å². The average molecular weight is 170 g/mol. The molecule has 68 valence electrons. The molecule has 0 aliphatic carbocycles. The van der Waals surface area contributed by atoms with Gasteiger partial charge in [-0.15, -0.1) is 0 Å². The van der Waals surface area contributed by atoms with Crippen LogP contribution in [0.2, 0.25) is 0 Å². The van der Waals surface area contributed by atoms with Crippen molar-refractivity contribution in [2.24, 2.45) is 11.5 Å². The molecule has 0 aromatic carbocycles. The number of carbonyl (C=O) groups is 1. The minimum absolute atomic E-state index is 0.299. The first-order valence-electron chi connectivity index (χ1n) is 3.79. The molecule has 0 aromatic rings. The molecule has 0 aliphatic rings. The molecule has 4 nitrogen and oxygen atoms in total. The lowest BCUT2D eigenvalue weighted by molar-refractivity contribution is -0.118. The molecule has 4 heteroatoms. The summed E-state index contributed by atoms with van der Waals surface area (Å²) in [5, 5.41) is 0. The van der Waals surface area contributed by atoms with E-state index in [1.807, 2.05) is 0 Å². The van der Waals surface area contributed by atoms with E-state index in [0.717, 1.165) is 0 Å². The standard InChI is InChI=1S/C8H14N2O2/c9-5-1-2-6-12-7-3-4-8(10)11/h3-7,9H2,(H2,10,11). The van der Waals surface area contributed by atoms with Gasteiger partial charge < -0.3 is 16.2 Å². The van der Waals surface area contributed by atoms with Crippen molar-refractivity contribution in [3.63, 3.8) is 0 Å². The molecule has 0 aromatic heterocycles. The zero-order chi connectivity index (χ0) is 9.23. The summed E-state index contributed by atoms with van der Waals surface area (Å²) in [6, 6.07) is 0. The zero-order valence-electron chi connectivity index (χ0n) is 7.01. The largest absolute Gasteiger partial charge is 0.370 e. The monoisotopic (exact) mass is 170 g/mol. The lowest BCUT2D eigenvalue weighted by atomic mass is 10.3. The van der Waals surface area contributed by atoms with E-state index in [4.69, 9.17) is 16.2 Å². The second-order valence-electron chi connectivity index (χ2n) is 2.18. The van der Waals surface area contributed by atoms with Gasteiger partial charge in [-0.25, -0.2) is 0 Å². The van der Waals surface area contributed by atoms with Crippen molar-refractivity contribution in [3.05, 3.63) is 0 Å². The van der Waals surface area contributed by atoms with Crippen LogP contribution >= 0.6 is 0 Å². The molecule has 0 aliphatic heterocycles. The van der Waals surface area contributed by atoms with Crippen LogP contribution < -0.4 is 11.5 Å². The molecule has 0 unspecified atom stereocenters. The van der Waals surface area contributed by atoms with Gasteiger partial charge in [0.15, 0.2) is 0 Å². The number of amides is 1. The Kier molecular flexibility index (Phi) is 7.35. The molecule has 0 bridgehead atoms. The molecule has 0 saturated carbocycles. The quantitative estimate of drug-likeness (QED) is 0.420. The Labute approximate surface area is 72.2 Å². The second kappa shape index (κ2) is 8.05. The molecule has 0 rings (SSSR count). The van der Waals surface area contributed by atoms with Crippen molar-refractivity contribution in [1.29, 1.82) is 0 Å². The average Bonchev–Trinajstić information content (AvgIpc) is 2.02. The summed E-state index contributed by atoms with van der Waals surface area (Å²) in [6.07, 6.45) is 1.02. The number of rotatable bonds is 5. The molecule has 12 heavy (non-hydrogen) atoms.